The number of unbranched alkanes of at least 4 members (excludes halogenated alkanes) is 3. The Kier molecular flexibility index (Phi) is 7.04. The average molecular weight is 314 g/mol. The van der Waals surface area contributed by atoms with Crippen LogP contribution in [0.4, 0.5) is 0 Å². The van der Waals surface area contributed by atoms with Crippen LogP contribution in [-0.4, -0.2) is 24.1 Å². The number of carbonyl (C=O) groups is 1. The van der Waals surface area contributed by atoms with E-state index < -0.39 is 6.10 Å². The van der Waals surface area contributed by atoms with Crippen LogP contribution in [0.1, 0.15) is 43.8 Å². The normalized spacial score (nSPS) is 12.3. The van der Waals surface area contributed by atoms with Gasteiger partial charge in [-0.25, -0.2) is 0 Å². The van der Waals surface area contributed by atoms with E-state index >= 15 is 0 Å². The lowest BCUT2D eigenvalue weighted by Crippen LogP contribution is -2.28. The lowest BCUT2D eigenvalue weighted by molar-refractivity contribution is -0.121. The van der Waals surface area contributed by atoms with Gasteiger partial charge >= 0.3 is 0 Å². The molecule has 4 heteroatoms. The summed E-state index contributed by atoms with van der Waals surface area (Å²) in [6.45, 7) is 0.962. The van der Waals surface area contributed by atoms with Gasteiger partial charge < -0.3 is 16.2 Å². The number of nitrogens with two attached hydrogens (primary N) is 1. The first-order valence-electron chi connectivity index (χ1n) is 8.34. The molecule has 0 saturated heterocycles. The summed E-state index contributed by atoms with van der Waals surface area (Å²) < 4.78 is 0. The summed E-state index contributed by atoms with van der Waals surface area (Å²) in [6, 6.07) is 13.9. The number of aliphatic hydroxyl groups excluding tert-OH is 1. The van der Waals surface area contributed by atoms with Gasteiger partial charge in [-0.2, -0.15) is 0 Å². The third-order valence-corrected chi connectivity index (χ3v) is 4.01. The van der Waals surface area contributed by atoms with E-state index in [1.165, 1.54) is 0 Å². The van der Waals surface area contributed by atoms with Crippen LogP contribution in [0.15, 0.2) is 42.5 Å². The monoisotopic (exact) mass is 314 g/mol. The second-order valence-corrected chi connectivity index (χ2v) is 5.88. The van der Waals surface area contributed by atoms with E-state index in [0.717, 1.165) is 42.0 Å². The van der Waals surface area contributed by atoms with E-state index in [-0.39, 0.29) is 12.5 Å². The topological polar surface area (TPSA) is 75.4 Å². The van der Waals surface area contributed by atoms with Crippen molar-refractivity contribution in [3.63, 3.8) is 0 Å². The van der Waals surface area contributed by atoms with Gasteiger partial charge in [-0.05, 0) is 41.8 Å². The van der Waals surface area contributed by atoms with Crippen LogP contribution < -0.4 is 11.1 Å². The van der Waals surface area contributed by atoms with Crippen molar-refractivity contribution in [2.75, 3.05) is 13.1 Å². The first-order valence-corrected chi connectivity index (χ1v) is 8.34. The SMILES string of the molecule is NCCCCCCC(=O)NCC(O)c1ccc2ccccc2c1. The second-order valence-electron chi connectivity index (χ2n) is 5.88. The fourth-order valence-corrected chi connectivity index (χ4v) is 2.62. The molecule has 0 aliphatic heterocycles. The fourth-order valence-electron chi connectivity index (χ4n) is 2.62. The molecule has 0 aliphatic rings. The van der Waals surface area contributed by atoms with Crippen LogP contribution in [0, 0.1) is 0 Å². The quantitative estimate of drug-likeness (QED) is 0.623. The van der Waals surface area contributed by atoms with E-state index in [4.69, 9.17) is 5.73 Å². The molecule has 23 heavy (non-hydrogen) atoms. The molecule has 4 N–H and O–H groups in total. The number of aliphatic hydroxyl groups is 1. The minimum Gasteiger partial charge on any atom is -0.387 e. The maximum atomic E-state index is 11.8. The van der Waals surface area contributed by atoms with Crippen molar-refractivity contribution in [2.45, 2.75) is 38.2 Å². The van der Waals surface area contributed by atoms with Crippen molar-refractivity contribution in [1.82, 2.24) is 5.32 Å². The van der Waals surface area contributed by atoms with E-state index in [9.17, 15) is 9.90 Å². The van der Waals surface area contributed by atoms with Crippen molar-refractivity contribution in [1.29, 1.82) is 0 Å². The Morgan fingerprint density at radius 1 is 1.04 bits per heavy atom. The average Bonchev–Trinajstić information content (AvgIpc) is 2.59. The molecule has 2 aromatic rings. The molecule has 1 amide bonds. The van der Waals surface area contributed by atoms with Gasteiger partial charge in [-0.3, -0.25) is 4.79 Å². The van der Waals surface area contributed by atoms with E-state index in [1.54, 1.807) is 0 Å². The molecule has 2 aromatic carbocycles. The van der Waals surface area contributed by atoms with Gasteiger partial charge in [0.25, 0.3) is 0 Å². The number of amides is 1. The van der Waals surface area contributed by atoms with Gasteiger partial charge in [0.2, 0.25) is 5.91 Å². The molecule has 0 aromatic heterocycles. The highest BCUT2D eigenvalue weighted by molar-refractivity contribution is 5.83. The van der Waals surface area contributed by atoms with Gasteiger partial charge in [0, 0.05) is 13.0 Å². The summed E-state index contributed by atoms with van der Waals surface area (Å²) in [5.74, 6) is -0.00223. The summed E-state index contributed by atoms with van der Waals surface area (Å²) in [6.07, 6.45) is 3.82. The van der Waals surface area contributed by atoms with Crippen LogP contribution in [0.3, 0.4) is 0 Å². The first-order chi connectivity index (χ1) is 11.2. The molecule has 1 atom stereocenters. The van der Waals surface area contributed by atoms with Crippen LogP contribution in [0.25, 0.3) is 10.8 Å². The summed E-state index contributed by atoms with van der Waals surface area (Å²) in [7, 11) is 0. The molecule has 0 fully saturated rings. The second kappa shape index (κ2) is 9.28. The van der Waals surface area contributed by atoms with Crippen molar-refractivity contribution in [3.8, 4) is 0 Å². The molecule has 2 rings (SSSR count). The molecule has 0 spiro atoms. The molecule has 1 unspecified atom stereocenters. The molecule has 0 saturated carbocycles. The van der Waals surface area contributed by atoms with Crippen molar-refractivity contribution in [3.05, 3.63) is 48.0 Å². The minimum absolute atomic E-state index is 0.00223. The highest BCUT2D eigenvalue weighted by Crippen LogP contribution is 2.20. The summed E-state index contributed by atoms with van der Waals surface area (Å²) in [4.78, 5) is 11.8. The molecule has 124 valence electrons. The number of carbonyl (C=O) groups excluding carboxylic acids is 1. The fraction of sp³-hybridized carbons (Fsp3) is 0.421. The predicted molar refractivity (Wildman–Crippen MR) is 94.1 cm³/mol. The van der Waals surface area contributed by atoms with Crippen LogP contribution in [-0.2, 0) is 4.79 Å². The van der Waals surface area contributed by atoms with Crippen molar-refractivity contribution >= 4 is 16.7 Å². The smallest absolute Gasteiger partial charge is 0.220 e. The zero-order chi connectivity index (χ0) is 16.5. The number of rotatable bonds is 9. The summed E-state index contributed by atoms with van der Waals surface area (Å²) in [5.41, 5.74) is 6.26. The van der Waals surface area contributed by atoms with Crippen LogP contribution in [0.5, 0.6) is 0 Å². The van der Waals surface area contributed by atoms with E-state index in [2.05, 4.69) is 5.32 Å². The van der Waals surface area contributed by atoms with Gasteiger partial charge in [0.15, 0.2) is 0 Å². The number of benzene rings is 2. The summed E-state index contributed by atoms with van der Waals surface area (Å²) in [5, 5.41) is 15.3. The highest BCUT2D eigenvalue weighted by Gasteiger charge is 2.10. The molecule has 0 bridgehead atoms. The molecular formula is C19H26N2O2. The van der Waals surface area contributed by atoms with Gasteiger partial charge in [0.1, 0.15) is 0 Å². The van der Waals surface area contributed by atoms with Crippen molar-refractivity contribution in [2.24, 2.45) is 5.73 Å². The largest absolute Gasteiger partial charge is 0.387 e. The molecule has 0 aliphatic carbocycles. The van der Waals surface area contributed by atoms with Gasteiger partial charge in [0.05, 0.1) is 6.10 Å². The molecular weight excluding hydrogens is 288 g/mol. The lowest BCUT2D eigenvalue weighted by atomic mass is 10.0. The third-order valence-electron chi connectivity index (χ3n) is 4.01. The van der Waals surface area contributed by atoms with Gasteiger partial charge in [-0.1, -0.05) is 49.2 Å². The maximum absolute atomic E-state index is 11.8. The molecule has 0 heterocycles. The minimum atomic E-state index is -0.680. The Balaban J connectivity index is 1.77. The lowest BCUT2D eigenvalue weighted by Gasteiger charge is -2.13. The molecule has 4 nitrogen and oxygen atoms in total. The Morgan fingerprint density at radius 3 is 2.57 bits per heavy atom. The number of fused-ring (bicyclic) bond motifs is 1. The Labute approximate surface area is 137 Å². The van der Waals surface area contributed by atoms with Crippen LogP contribution >= 0.6 is 0 Å². The van der Waals surface area contributed by atoms with E-state index in [1.807, 2.05) is 42.5 Å². The predicted octanol–water partition coefficient (Wildman–Crippen LogP) is 2.90. The summed E-state index contributed by atoms with van der Waals surface area (Å²) >= 11 is 0. The zero-order valence-corrected chi connectivity index (χ0v) is 13.5. The van der Waals surface area contributed by atoms with E-state index in [0.29, 0.717) is 13.0 Å². The number of hydrogen-bond acceptors (Lipinski definition) is 3. The molecule has 0 radical (unpaired) electrons. The number of nitrogens with one attached hydrogen (secondary N) is 1. The Morgan fingerprint density at radius 2 is 1.78 bits per heavy atom. The van der Waals surface area contributed by atoms with Crippen LogP contribution in [0.2, 0.25) is 0 Å². The zero-order valence-electron chi connectivity index (χ0n) is 13.5. The number of hydrogen-bond donors (Lipinski definition) is 3. The Bertz CT molecular complexity index is 628. The van der Waals surface area contributed by atoms with Gasteiger partial charge in [-0.15, -0.1) is 0 Å². The third kappa shape index (κ3) is 5.66. The standard InChI is InChI=1S/C19H26N2O2/c20-12-6-2-1-3-9-19(23)21-14-18(22)17-11-10-15-7-4-5-8-16(15)13-17/h4-5,7-8,10-11,13,18,22H,1-3,6,9,12,14,20H2,(H,21,23). The first kappa shape index (κ1) is 17.4. The van der Waals surface area contributed by atoms with Crippen molar-refractivity contribution < 1.29 is 9.90 Å². The Hall–Kier alpha value is -1.91. The highest BCUT2D eigenvalue weighted by atomic mass is 16.3. The maximum Gasteiger partial charge on any atom is 0.220 e.